The van der Waals surface area contributed by atoms with Gasteiger partial charge in [0.05, 0.1) is 11.7 Å². The van der Waals surface area contributed by atoms with E-state index in [1.807, 2.05) is 25.5 Å². The number of benzene rings is 1. The highest BCUT2D eigenvalue weighted by atomic mass is 32.1. The predicted octanol–water partition coefficient (Wildman–Crippen LogP) is 3.32. The molecule has 0 bridgehead atoms. The van der Waals surface area contributed by atoms with Gasteiger partial charge < -0.3 is 10.2 Å². The van der Waals surface area contributed by atoms with Crippen LogP contribution in [0.3, 0.4) is 0 Å². The van der Waals surface area contributed by atoms with Crippen LogP contribution in [0.2, 0.25) is 0 Å². The maximum atomic E-state index is 13.1. The zero-order chi connectivity index (χ0) is 18.7. The second kappa shape index (κ2) is 7.80. The van der Waals surface area contributed by atoms with Crippen molar-refractivity contribution in [1.82, 2.24) is 20.0 Å². The van der Waals surface area contributed by atoms with Crippen molar-refractivity contribution in [2.75, 3.05) is 20.6 Å². The number of aryl methyl sites for hydroxylation is 1. The van der Waals surface area contributed by atoms with E-state index in [-0.39, 0.29) is 17.8 Å². The van der Waals surface area contributed by atoms with Gasteiger partial charge in [-0.1, -0.05) is 6.07 Å². The number of hydrogen-bond donors (Lipinski definition) is 1. The summed E-state index contributed by atoms with van der Waals surface area (Å²) in [6.07, 6.45) is 0. The van der Waals surface area contributed by atoms with Gasteiger partial charge in [-0.05, 0) is 55.9 Å². The van der Waals surface area contributed by atoms with Crippen LogP contribution < -0.4 is 5.32 Å². The third kappa shape index (κ3) is 4.00. The normalized spacial score (nSPS) is 12.3. The molecule has 5 nitrogen and oxygen atoms in total. The van der Waals surface area contributed by atoms with Crippen molar-refractivity contribution in [3.63, 3.8) is 0 Å². The topological polar surface area (TPSA) is 50.2 Å². The van der Waals surface area contributed by atoms with Crippen molar-refractivity contribution in [3.8, 4) is 11.3 Å². The molecule has 0 spiro atoms. The molecule has 1 atom stereocenters. The van der Waals surface area contributed by atoms with Crippen LogP contribution >= 0.6 is 11.3 Å². The van der Waals surface area contributed by atoms with Crippen LogP contribution in [0.15, 0.2) is 47.8 Å². The van der Waals surface area contributed by atoms with Crippen LogP contribution in [0, 0.1) is 5.82 Å². The molecule has 1 aromatic carbocycles. The number of thiophene rings is 1. The van der Waals surface area contributed by atoms with Gasteiger partial charge in [-0.15, -0.1) is 11.3 Å². The van der Waals surface area contributed by atoms with Gasteiger partial charge in [-0.3, -0.25) is 9.48 Å². The minimum Gasteiger partial charge on any atom is -0.349 e. The number of likely N-dealkylation sites (N-methyl/N-ethyl adjacent to an activating group) is 1. The first-order valence-electron chi connectivity index (χ1n) is 8.23. The first-order valence-corrected chi connectivity index (χ1v) is 9.11. The Labute approximate surface area is 156 Å². The molecule has 1 amide bonds. The zero-order valence-electron chi connectivity index (χ0n) is 14.9. The van der Waals surface area contributed by atoms with Crippen LogP contribution in [0.25, 0.3) is 11.3 Å². The summed E-state index contributed by atoms with van der Waals surface area (Å²) in [5, 5.41) is 9.39. The molecule has 3 aromatic rings. The van der Waals surface area contributed by atoms with Gasteiger partial charge in [0.15, 0.2) is 0 Å². The molecule has 0 saturated carbocycles. The summed E-state index contributed by atoms with van der Waals surface area (Å²) in [6, 6.07) is 12.0. The van der Waals surface area contributed by atoms with Gasteiger partial charge in [0.2, 0.25) is 0 Å². The van der Waals surface area contributed by atoms with Gasteiger partial charge >= 0.3 is 0 Å². The van der Waals surface area contributed by atoms with Crippen molar-refractivity contribution in [2.24, 2.45) is 7.05 Å². The van der Waals surface area contributed by atoms with Crippen molar-refractivity contribution in [3.05, 3.63) is 64.2 Å². The van der Waals surface area contributed by atoms with Gasteiger partial charge in [0, 0.05) is 24.0 Å². The standard InChI is InChI=1S/C19H21FN4OS/c1-23(2)17(18-5-4-10-26-18)12-21-19(25)16-11-15(22-24(16)3)13-6-8-14(20)9-7-13/h4-11,17H,12H2,1-3H3,(H,21,25)/t17-/m0/s1. The molecular weight excluding hydrogens is 351 g/mol. The highest BCUT2D eigenvalue weighted by molar-refractivity contribution is 7.10. The van der Waals surface area contributed by atoms with E-state index in [0.29, 0.717) is 17.9 Å². The minimum absolute atomic E-state index is 0.115. The van der Waals surface area contributed by atoms with Crippen LogP contribution in [-0.4, -0.2) is 41.2 Å². The Kier molecular flexibility index (Phi) is 5.49. The highest BCUT2D eigenvalue weighted by Gasteiger charge is 2.19. The van der Waals surface area contributed by atoms with E-state index in [1.54, 1.807) is 41.3 Å². The number of hydrogen-bond acceptors (Lipinski definition) is 4. The smallest absolute Gasteiger partial charge is 0.269 e. The van der Waals surface area contributed by atoms with Gasteiger partial charge in [-0.2, -0.15) is 5.10 Å². The summed E-state index contributed by atoms with van der Waals surface area (Å²) in [5.74, 6) is -0.484. The summed E-state index contributed by atoms with van der Waals surface area (Å²) >= 11 is 1.67. The second-order valence-electron chi connectivity index (χ2n) is 6.25. The highest BCUT2D eigenvalue weighted by Crippen LogP contribution is 2.23. The predicted molar refractivity (Wildman–Crippen MR) is 102 cm³/mol. The van der Waals surface area contributed by atoms with Crippen molar-refractivity contribution >= 4 is 17.2 Å². The average molecular weight is 372 g/mol. The molecule has 3 rings (SSSR count). The van der Waals surface area contributed by atoms with E-state index < -0.39 is 0 Å². The molecule has 2 aromatic heterocycles. The number of amides is 1. The fourth-order valence-electron chi connectivity index (χ4n) is 2.74. The quantitative estimate of drug-likeness (QED) is 0.722. The van der Waals surface area contributed by atoms with Crippen molar-refractivity contribution < 1.29 is 9.18 Å². The number of halogens is 1. The van der Waals surface area contributed by atoms with Crippen LogP contribution in [0.5, 0.6) is 0 Å². The molecule has 0 saturated heterocycles. The lowest BCUT2D eigenvalue weighted by molar-refractivity contribution is 0.0933. The molecule has 7 heteroatoms. The van der Waals surface area contributed by atoms with Crippen molar-refractivity contribution in [2.45, 2.75) is 6.04 Å². The summed E-state index contributed by atoms with van der Waals surface area (Å²) in [6.45, 7) is 0.503. The van der Waals surface area contributed by atoms with Crippen LogP contribution in [0.1, 0.15) is 21.4 Å². The minimum atomic E-state index is -0.300. The van der Waals surface area contributed by atoms with Gasteiger partial charge in [-0.25, -0.2) is 4.39 Å². The number of carbonyl (C=O) groups is 1. The first kappa shape index (κ1) is 18.3. The Morgan fingerprint density at radius 3 is 2.65 bits per heavy atom. The zero-order valence-corrected chi connectivity index (χ0v) is 15.8. The Bertz CT molecular complexity index is 872. The van der Waals surface area contributed by atoms with E-state index in [4.69, 9.17) is 0 Å². The largest absolute Gasteiger partial charge is 0.349 e. The van der Waals surface area contributed by atoms with Crippen molar-refractivity contribution in [1.29, 1.82) is 0 Å². The molecule has 0 fully saturated rings. The molecule has 0 aliphatic rings. The fourth-order valence-corrected chi connectivity index (χ4v) is 3.66. The van der Waals surface area contributed by atoms with E-state index in [2.05, 4.69) is 21.4 Å². The molecule has 0 aliphatic heterocycles. The fraction of sp³-hybridized carbons (Fsp3) is 0.263. The molecule has 2 heterocycles. The number of rotatable bonds is 6. The Balaban J connectivity index is 1.73. The SMILES string of the molecule is CN(C)[C@@H](CNC(=O)c1cc(-c2ccc(F)cc2)nn1C)c1cccs1. The van der Waals surface area contributed by atoms with E-state index >= 15 is 0 Å². The summed E-state index contributed by atoms with van der Waals surface area (Å²) in [7, 11) is 5.71. The number of nitrogens with zero attached hydrogens (tertiary/aromatic N) is 3. The summed E-state index contributed by atoms with van der Waals surface area (Å²) < 4.78 is 14.6. The molecule has 1 N–H and O–H groups in total. The van der Waals surface area contributed by atoms with Crippen LogP contribution in [-0.2, 0) is 7.05 Å². The van der Waals surface area contributed by atoms with Gasteiger partial charge in [0.1, 0.15) is 11.5 Å². The molecular formula is C19H21FN4OS. The molecule has 0 radical (unpaired) electrons. The molecule has 0 aliphatic carbocycles. The lowest BCUT2D eigenvalue weighted by atomic mass is 10.1. The third-order valence-electron chi connectivity index (χ3n) is 4.20. The second-order valence-corrected chi connectivity index (χ2v) is 7.23. The van der Waals surface area contributed by atoms with Gasteiger partial charge in [0.25, 0.3) is 5.91 Å². The Morgan fingerprint density at radius 2 is 2.04 bits per heavy atom. The molecule has 136 valence electrons. The lowest BCUT2D eigenvalue weighted by Gasteiger charge is -2.23. The Morgan fingerprint density at radius 1 is 1.31 bits per heavy atom. The number of carbonyl (C=O) groups excluding carboxylic acids is 1. The molecule has 0 unspecified atom stereocenters. The van der Waals surface area contributed by atoms with E-state index in [1.165, 1.54) is 17.0 Å². The maximum absolute atomic E-state index is 13.1. The van der Waals surface area contributed by atoms with Crippen LogP contribution in [0.4, 0.5) is 4.39 Å². The maximum Gasteiger partial charge on any atom is 0.269 e. The first-order chi connectivity index (χ1) is 12.5. The average Bonchev–Trinajstić information content (AvgIpc) is 3.25. The Hall–Kier alpha value is -2.51. The number of nitrogens with one attached hydrogen (secondary N) is 1. The monoisotopic (exact) mass is 372 g/mol. The molecule has 26 heavy (non-hydrogen) atoms. The third-order valence-corrected chi connectivity index (χ3v) is 5.18. The summed E-state index contributed by atoms with van der Waals surface area (Å²) in [5.41, 5.74) is 1.87. The van der Waals surface area contributed by atoms with E-state index in [0.717, 1.165) is 5.56 Å². The number of aromatic nitrogens is 2. The summed E-state index contributed by atoms with van der Waals surface area (Å²) in [4.78, 5) is 15.9. The lowest BCUT2D eigenvalue weighted by Crippen LogP contribution is -2.34. The van der Waals surface area contributed by atoms with E-state index in [9.17, 15) is 9.18 Å².